The molecule has 1 aromatic rings. The van der Waals surface area contributed by atoms with Crippen molar-refractivity contribution in [2.45, 2.75) is 5.92 Å². The number of allylic oxidation sites excluding steroid dienone is 1. The molecule has 1 heterocycles. The van der Waals surface area contributed by atoms with E-state index in [0.29, 0.717) is 16.4 Å². The van der Waals surface area contributed by atoms with Crippen LogP contribution in [0.1, 0.15) is 11.5 Å². The number of thioether (sulfide) groups is 1. The Bertz CT molecular complexity index is 692. The molecule has 0 aliphatic carbocycles. The number of hydrogen-bond acceptors (Lipinski definition) is 5. The number of rotatable bonds is 5. The lowest BCUT2D eigenvalue weighted by molar-refractivity contribution is -0.150. The molecule has 0 spiro atoms. The lowest BCUT2D eigenvalue weighted by Crippen LogP contribution is -2.44. The Balaban J connectivity index is 2.58. The number of nitriles is 1. The van der Waals surface area contributed by atoms with Crippen molar-refractivity contribution in [2.24, 2.45) is 5.92 Å². The highest BCUT2D eigenvalue weighted by atomic mass is 32.2. The molecule has 6 heteroatoms. The van der Waals surface area contributed by atoms with Gasteiger partial charge in [0.15, 0.2) is 0 Å². The normalized spacial score (nSPS) is 20.4. The third kappa shape index (κ3) is 3.46. The Morgan fingerprint density at radius 3 is 2.74 bits per heavy atom. The highest BCUT2D eigenvalue weighted by Gasteiger charge is 2.44. The molecule has 2 atom stereocenters. The number of amides is 1. The first-order valence-corrected chi connectivity index (χ1v) is 7.94. The minimum absolute atomic E-state index is 0.359. The predicted molar refractivity (Wildman–Crippen MR) is 88.1 cm³/mol. The maximum atomic E-state index is 12.4. The molecule has 0 saturated carbocycles. The standard InChI is InChI=1S/C17H16N2O3S/c1-3-9-23-16-12(10-18)13(11-7-5-4-6-8-11)14(15(20)19-16)17(21)22-2/h3-8,13-14H,1,9H2,2H3,(H,19,20)/t13?,14-/m0/s1. The van der Waals surface area contributed by atoms with E-state index in [1.165, 1.54) is 18.9 Å². The molecule has 0 saturated heterocycles. The van der Waals surface area contributed by atoms with Gasteiger partial charge in [0.1, 0.15) is 5.92 Å². The van der Waals surface area contributed by atoms with E-state index in [1.54, 1.807) is 18.2 Å². The van der Waals surface area contributed by atoms with Gasteiger partial charge in [-0.05, 0) is 5.56 Å². The van der Waals surface area contributed by atoms with Crippen molar-refractivity contribution in [1.82, 2.24) is 5.32 Å². The van der Waals surface area contributed by atoms with Crippen molar-refractivity contribution in [3.05, 3.63) is 59.2 Å². The van der Waals surface area contributed by atoms with Crippen molar-refractivity contribution < 1.29 is 14.3 Å². The molecular formula is C17H16N2O3S. The maximum absolute atomic E-state index is 12.4. The minimum atomic E-state index is -1.08. The summed E-state index contributed by atoms with van der Waals surface area (Å²) >= 11 is 1.31. The molecule has 1 unspecified atom stereocenters. The fraction of sp³-hybridized carbons (Fsp3) is 0.235. The van der Waals surface area contributed by atoms with E-state index in [-0.39, 0.29) is 0 Å². The Labute approximate surface area is 139 Å². The van der Waals surface area contributed by atoms with Gasteiger partial charge in [0.05, 0.1) is 23.8 Å². The van der Waals surface area contributed by atoms with Crippen LogP contribution in [0, 0.1) is 17.2 Å². The summed E-state index contributed by atoms with van der Waals surface area (Å²) in [6, 6.07) is 11.2. The number of methoxy groups -OCH3 is 1. The molecule has 0 aromatic heterocycles. The second-order valence-electron chi connectivity index (χ2n) is 4.83. The molecule has 118 valence electrons. The van der Waals surface area contributed by atoms with Gasteiger partial charge in [-0.1, -0.05) is 36.4 Å². The van der Waals surface area contributed by atoms with Gasteiger partial charge in [0.2, 0.25) is 5.91 Å². The Morgan fingerprint density at radius 1 is 1.48 bits per heavy atom. The molecule has 1 aliphatic rings. The summed E-state index contributed by atoms with van der Waals surface area (Å²) < 4.78 is 4.77. The number of nitrogens with zero attached hydrogens (tertiary/aromatic N) is 1. The highest BCUT2D eigenvalue weighted by molar-refractivity contribution is 8.03. The first kappa shape index (κ1) is 16.8. The van der Waals surface area contributed by atoms with Crippen LogP contribution in [0.5, 0.6) is 0 Å². The van der Waals surface area contributed by atoms with Crippen LogP contribution in [-0.4, -0.2) is 24.7 Å². The summed E-state index contributed by atoms with van der Waals surface area (Å²) in [5.74, 6) is -2.31. The average molecular weight is 328 g/mol. The van der Waals surface area contributed by atoms with Crippen LogP contribution in [0.25, 0.3) is 0 Å². The molecule has 1 N–H and O–H groups in total. The highest BCUT2D eigenvalue weighted by Crippen LogP contribution is 2.39. The minimum Gasteiger partial charge on any atom is -0.468 e. The second kappa shape index (κ2) is 7.65. The zero-order valence-electron chi connectivity index (χ0n) is 12.6. The third-order valence-electron chi connectivity index (χ3n) is 3.49. The molecule has 1 aliphatic heterocycles. The van der Waals surface area contributed by atoms with Crippen molar-refractivity contribution >= 4 is 23.6 Å². The molecule has 23 heavy (non-hydrogen) atoms. The number of ether oxygens (including phenoxy) is 1. The number of nitrogens with one attached hydrogen (secondary N) is 1. The van der Waals surface area contributed by atoms with Gasteiger partial charge in [-0.2, -0.15) is 5.26 Å². The molecule has 0 fully saturated rings. The van der Waals surface area contributed by atoms with E-state index in [4.69, 9.17) is 4.74 Å². The van der Waals surface area contributed by atoms with E-state index in [0.717, 1.165) is 5.56 Å². The lowest BCUT2D eigenvalue weighted by Gasteiger charge is -2.30. The summed E-state index contributed by atoms with van der Waals surface area (Å²) in [4.78, 5) is 24.5. The Kier molecular flexibility index (Phi) is 5.61. The monoisotopic (exact) mass is 328 g/mol. The van der Waals surface area contributed by atoms with Crippen LogP contribution < -0.4 is 5.32 Å². The van der Waals surface area contributed by atoms with Crippen LogP contribution in [0.15, 0.2) is 53.6 Å². The summed E-state index contributed by atoms with van der Waals surface area (Å²) in [5, 5.41) is 12.7. The van der Waals surface area contributed by atoms with Gasteiger partial charge in [0.25, 0.3) is 0 Å². The van der Waals surface area contributed by atoms with Crippen molar-refractivity contribution in [2.75, 3.05) is 12.9 Å². The maximum Gasteiger partial charge on any atom is 0.319 e. The van der Waals surface area contributed by atoms with Gasteiger partial charge in [-0.3, -0.25) is 9.59 Å². The van der Waals surface area contributed by atoms with Gasteiger partial charge >= 0.3 is 5.97 Å². The summed E-state index contributed by atoms with van der Waals surface area (Å²) in [7, 11) is 1.23. The number of hydrogen-bond donors (Lipinski definition) is 1. The van der Waals surface area contributed by atoms with Crippen LogP contribution in [-0.2, 0) is 14.3 Å². The number of carbonyl (C=O) groups excluding carboxylic acids is 2. The van der Waals surface area contributed by atoms with Gasteiger partial charge in [-0.25, -0.2) is 0 Å². The average Bonchev–Trinajstić information content (AvgIpc) is 2.59. The number of esters is 1. The summed E-state index contributed by atoms with van der Waals surface area (Å²) in [6.07, 6.45) is 1.68. The topological polar surface area (TPSA) is 79.2 Å². The number of carbonyl (C=O) groups is 2. The first-order chi connectivity index (χ1) is 11.1. The SMILES string of the molecule is C=CCSC1=C(C#N)C(c2ccccc2)[C@H](C(=O)OC)C(=O)N1. The fourth-order valence-electron chi connectivity index (χ4n) is 2.48. The lowest BCUT2D eigenvalue weighted by atomic mass is 9.78. The summed E-state index contributed by atoms with van der Waals surface area (Å²) in [5.41, 5.74) is 1.09. The Hall–Kier alpha value is -2.52. The van der Waals surface area contributed by atoms with Crippen LogP contribution >= 0.6 is 11.8 Å². The van der Waals surface area contributed by atoms with Crippen molar-refractivity contribution in [1.29, 1.82) is 5.26 Å². The largest absolute Gasteiger partial charge is 0.468 e. The van der Waals surface area contributed by atoms with Gasteiger partial charge < -0.3 is 10.1 Å². The molecular weight excluding hydrogens is 312 g/mol. The molecule has 1 amide bonds. The van der Waals surface area contributed by atoms with E-state index in [1.807, 2.05) is 18.2 Å². The third-order valence-corrected chi connectivity index (χ3v) is 4.50. The van der Waals surface area contributed by atoms with Crippen molar-refractivity contribution in [3.63, 3.8) is 0 Å². The van der Waals surface area contributed by atoms with E-state index in [2.05, 4.69) is 18.0 Å². The predicted octanol–water partition coefficient (Wildman–Crippen LogP) is 2.34. The molecule has 5 nitrogen and oxygen atoms in total. The fourth-order valence-corrected chi connectivity index (χ4v) is 3.27. The van der Waals surface area contributed by atoms with Crippen LogP contribution in [0.2, 0.25) is 0 Å². The smallest absolute Gasteiger partial charge is 0.319 e. The summed E-state index contributed by atoms with van der Waals surface area (Å²) in [6.45, 7) is 3.64. The van der Waals surface area contributed by atoms with E-state index >= 15 is 0 Å². The van der Waals surface area contributed by atoms with Gasteiger partial charge in [-0.15, -0.1) is 18.3 Å². The number of benzene rings is 1. The van der Waals surface area contributed by atoms with Crippen molar-refractivity contribution in [3.8, 4) is 6.07 Å². The van der Waals surface area contributed by atoms with Gasteiger partial charge in [0, 0.05) is 11.7 Å². The van der Waals surface area contributed by atoms with Crippen LogP contribution in [0.3, 0.4) is 0 Å². The zero-order chi connectivity index (χ0) is 16.8. The molecule has 1 aromatic carbocycles. The second-order valence-corrected chi connectivity index (χ2v) is 5.86. The molecule has 0 bridgehead atoms. The van der Waals surface area contributed by atoms with E-state index < -0.39 is 23.7 Å². The quantitative estimate of drug-likeness (QED) is 0.510. The molecule has 2 rings (SSSR count). The van der Waals surface area contributed by atoms with E-state index in [9.17, 15) is 14.9 Å². The molecule has 0 radical (unpaired) electrons. The van der Waals surface area contributed by atoms with Crippen LogP contribution in [0.4, 0.5) is 0 Å². The first-order valence-electron chi connectivity index (χ1n) is 6.95. The Morgan fingerprint density at radius 2 is 2.17 bits per heavy atom. The zero-order valence-corrected chi connectivity index (χ0v) is 13.4.